The summed E-state index contributed by atoms with van der Waals surface area (Å²) < 4.78 is 14.1. The number of urea groups is 1. The van der Waals surface area contributed by atoms with Crippen LogP contribution in [0, 0.1) is 17.7 Å². The van der Waals surface area contributed by atoms with Crippen molar-refractivity contribution in [1.29, 1.82) is 0 Å². The number of anilines is 1. The number of fused-ring (bicyclic) bond motifs is 1. The first kappa shape index (κ1) is 26.2. The van der Waals surface area contributed by atoms with E-state index in [1.165, 1.54) is 11.0 Å². The van der Waals surface area contributed by atoms with Gasteiger partial charge in [0.05, 0.1) is 11.6 Å². The zero-order valence-corrected chi connectivity index (χ0v) is 21.7. The highest BCUT2D eigenvalue weighted by molar-refractivity contribution is 5.99. The summed E-state index contributed by atoms with van der Waals surface area (Å²) in [7, 11) is 0. The van der Waals surface area contributed by atoms with Crippen LogP contribution in [0.3, 0.4) is 0 Å². The van der Waals surface area contributed by atoms with Crippen LogP contribution in [-0.4, -0.2) is 79.5 Å². The van der Waals surface area contributed by atoms with Gasteiger partial charge in [0.1, 0.15) is 5.82 Å². The molecule has 4 amide bonds. The summed E-state index contributed by atoms with van der Waals surface area (Å²) in [6, 6.07) is 16.0. The van der Waals surface area contributed by atoms with Gasteiger partial charge in [-0.3, -0.25) is 19.4 Å². The average Bonchev–Trinajstić information content (AvgIpc) is 2.94. The zero-order valence-electron chi connectivity index (χ0n) is 21.7. The van der Waals surface area contributed by atoms with Crippen LogP contribution >= 0.6 is 0 Å². The van der Waals surface area contributed by atoms with E-state index in [2.05, 4.69) is 20.4 Å². The minimum absolute atomic E-state index is 0.0124. The number of hydrogen-bond acceptors (Lipinski definition) is 5. The molecule has 0 bridgehead atoms. The lowest BCUT2D eigenvalue weighted by Crippen LogP contribution is -2.62. The van der Waals surface area contributed by atoms with Gasteiger partial charge in [0.2, 0.25) is 11.8 Å². The van der Waals surface area contributed by atoms with Crippen molar-refractivity contribution in [3.63, 3.8) is 0 Å². The first-order chi connectivity index (χ1) is 18.5. The van der Waals surface area contributed by atoms with Crippen molar-refractivity contribution in [2.24, 2.45) is 11.8 Å². The molecule has 3 unspecified atom stereocenters. The molecule has 3 fully saturated rings. The molecular weight excluding hydrogens is 485 g/mol. The van der Waals surface area contributed by atoms with Gasteiger partial charge in [-0.2, -0.15) is 0 Å². The number of benzene rings is 2. The number of hydrogen-bond donors (Lipinski definition) is 2. The summed E-state index contributed by atoms with van der Waals surface area (Å²) in [6.07, 6.45) is 2.35. The average molecular weight is 522 g/mol. The number of para-hydroxylation sites is 1. The van der Waals surface area contributed by atoms with Crippen molar-refractivity contribution >= 4 is 23.5 Å². The second-order valence-corrected chi connectivity index (χ2v) is 10.5. The molecule has 0 aromatic heterocycles. The van der Waals surface area contributed by atoms with E-state index in [-0.39, 0.29) is 41.5 Å². The van der Waals surface area contributed by atoms with Gasteiger partial charge in [-0.15, -0.1) is 0 Å². The summed E-state index contributed by atoms with van der Waals surface area (Å²) in [6.45, 7) is 4.76. The van der Waals surface area contributed by atoms with Crippen molar-refractivity contribution in [3.05, 3.63) is 66.0 Å². The maximum Gasteiger partial charge on any atom is 0.324 e. The van der Waals surface area contributed by atoms with Crippen LogP contribution in [0.2, 0.25) is 0 Å². The topological polar surface area (TPSA) is 85.0 Å². The van der Waals surface area contributed by atoms with Gasteiger partial charge in [0.25, 0.3) is 0 Å². The number of piperazine rings is 1. The van der Waals surface area contributed by atoms with E-state index < -0.39 is 0 Å². The van der Waals surface area contributed by atoms with Gasteiger partial charge in [-0.25, -0.2) is 9.18 Å². The normalized spacial score (nSPS) is 24.1. The Kier molecular flexibility index (Phi) is 8.22. The Labute approximate surface area is 223 Å². The Balaban J connectivity index is 1.04. The smallest absolute Gasteiger partial charge is 0.324 e. The molecule has 2 N–H and O–H groups in total. The molecule has 2 saturated heterocycles. The summed E-state index contributed by atoms with van der Waals surface area (Å²) in [5.74, 6) is -0.806. The minimum atomic E-state index is -0.359. The first-order valence-corrected chi connectivity index (χ1v) is 13.6. The number of carbonyl (C=O) groups excluding carboxylic acids is 3. The molecule has 2 aromatic rings. The van der Waals surface area contributed by atoms with Crippen LogP contribution in [0.4, 0.5) is 14.9 Å². The van der Waals surface area contributed by atoms with Gasteiger partial charge >= 0.3 is 6.03 Å². The fourth-order valence-electron chi connectivity index (χ4n) is 5.90. The predicted octanol–water partition coefficient (Wildman–Crippen LogP) is 2.64. The summed E-state index contributed by atoms with van der Waals surface area (Å²) in [5.41, 5.74) is 1.73. The highest BCUT2D eigenvalue weighted by Gasteiger charge is 2.45. The molecular formula is C29H36FN5O3. The van der Waals surface area contributed by atoms with E-state index in [0.29, 0.717) is 44.5 Å². The number of rotatable bonds is 8. The molecule has 3 aliphatic rings. The lowest BCUT2D eigenvalue weighted by molar-refractivity contribution is -0.139. The van der Waals surface area contributed by atoms with Gasteiger partial charge < -0.3 is 15.5 Å². The van der Waals surface area contributed by atoms with Crippen molar-refractivity contribution in [2.75, 3.05) is 50.7 Å². The van der Waals surface area contributed by atoms with Crippen LogP contribution < -0.4 is 15.5 Å². The first-order valence-electron chi connectivity index (χ1n) is 13.6. The maximum absolute atomic E-state index is 14.1. The van der Waals surface area contributed by atoms with E-state index in [4.69, 9.17) is 0 Å². The van der Waals surface area contributed by atoms with Crippen molar-refractivity contribution < 1.29 is 18.8 Å². The van der Waals surface area contributed by atoms with Crippen molar-refractivity contribution in [1.82, 2.24) is 20.4 Å². The molecule has 0 spiro atoms. The fraction of sp³-hybridized carbons (Fsp3) is 0.483. The highest BCUT2D eigenvalue weighted by Crippen LogP contribution is 2.33. The SMILES string of the molecule is O=C(NCCN1CCN(c2ccccc2F)CC1)C1CCC2C(=O)N(CCc3ccccc3)C(=O)NC2C1. The van der Waals surface area contributed by atoms with E-state index in [1.807, 2.05) is 42.5 Å². The minimum Gasteiger partial charge on any atom is -0.367 e. The lowest BCUT2D eigenvalue weighted by Gasteiger charge is -2.42. The van der Waals surface area contributed by atoms with E-state index in [0.717, 1.165) is 38.3 Å². The van der Waals surface area contributed by atoms with Crippen LogP contribution in [0.15, 0.2) is 54.6 Å². The van der Waals surface area contributed by atoms with E-state index >= 15 is 0 Å². The van der Waals surface area contributed by atoms with Gasteiger partial charge in [0.15, 0.2) is 0 Å². The van der Waals surface area contributed by atoms with Crippen molar-refractivity contribution in [3.8, 4) is 0 Å². The van der Waals surface area contributed by atoms with E-state index in [1.54, 1.807) is 6.07 Å². The fourth-order valence-corrected chi connectivity index (χ4v) is 5.90. The molecule has 3 atom stereocenters. The Morgan fingerprint density at radius 2 is 1.68 bits per heavy atom. The summed E-state index contributed by atoms with van der Waals surface area (Å²) >= 11 is 0. The van der Waals surface area contributed by atoms with Gasteiger partial charge in [0, 0.05) is 57.8 Å². The molecule has 1 saturated carbocycles. The molecule has 202 valence electrons. The number of carbonyl (C=O) groups is 3. The Morgan fingerprint density at radius 3 is 2.45 bits per heavy atom. The van der Waals surface area contributed by atoms with Crippen LogP contribution in [-0.2, 0) is 16.0 Å². The Morgan fingerprint density at radius 1 is 0.947 bits per heavy atom. The van der Waals surface area contributed by atoms with Crippen LogP contribution in [0.25, 0.3) is 0 Å². The number of halogens is 1. The number of amides is 4. The lowest BCUT2D eigenvalue weighted by atomic mass is 9.76. The molecule has 0 radical (unpaired) electrons. The molecule has 38 heavy (non-hydrogen) atoms. The third-order valence-electron chi connectivity index (χ3n) is 8.12. The molecule has 2 heterocycles. The van der Waals surface area contributed by atoms with Crippen LogP contribution in [0.5, 0.6) is 0 Å². The molecule has 2 aliphatic heterocycles. The quantitative estimate of drug-likeness (QED) is 0.558. The monoisotopic (exact) mass is 521 g/mol. The number of nitrogens with zero attached hydrogens (tertiary/aromatic N) is 3. The summed E-state index contributed by atoms with van der Waals surface area (Å²) in [5, 5.41) is 6.05. The molecule has 9 heteroatoms. The second-order valence-electron chi connectivity index (χ2n) is 10.5. The maximum atomic E-state index is 14.1. The van der Waals surface area contributed by atoms with Gasteiger partial charge in [-0.05, 0) is 43.4 Å². The van der Waals surface area contributed by atoms with Gasteiger partial charge in [-0.1, -0.05) is 42.5 Å². The predicted molar refractivity (Wildman–Crippen MR) is 143 cm³/mol. The summed E-state index contributed by atoms with van der Waals surface area (Å²) in [4.78, 5) is 44.3. The second kappa shape index (κ2) is 11.9. The third kappa shape index (κ3) is 5.99. The zero-order chi connectivity index (χ0) is 26.5. The van der Waals surface area contributed by atoms with Crippen LogP contribution in [0.1, 0.15) is 24.8 Å². The Bertz CT molecular complexity index is 1140. The number of imide groups is 1. The third-order valence-corrected chi connectivity index (χ3v) is 8.12. The molecule has 1 aliphatic carbocycles. The molecule has 8 nitrogen and oxygen atoms in total. The molecule has 2 aromatic carbocycles. The van der Waals surface area contributed by atoms with E-state index in [9.17, 15) is 18.8 Å². The number of nitrogens with one attached hydrogen (secondary N) is 2. The van der Waals surface area contributed by atoms with Crippen molar-refractivity contribution in [2.45, 2.75) is 31.7 Å². The molecule has 5 rings (SSSR count). The Hall–Kier alpha value is -3.46. The standard InChI is InChI=1S/C29H36FN5O3/c30-24-8-4-5-9-26(24)34-18-16-33(17-19-34)15-13-31-27(36)22-10-11-23-25(20-22)32-29(38)35(28(23)37)14-12-21-6-2-1-3-7-21/h1-9,22-23,25H,10-20H2,(H,31,36)(H,32,38). The highest BCUT2D eigenvalue weighted by atomic mass is 19.1. The largest absolute Gasteiger partial charge is 0.367 e.